The number of aromatic nitrogens is 2. The molecule has 0 spiro atoms. The Morgan fingerprint density at radius 3 is 2.62 bits per heavy atom. The predicted octanol–water partition coefficient (Wildman–Crippen LogP) is 1.72. The standard InChI is InChI=1S/C16H14IN5O2/c1-19-11-4-2-10(3-5-11)8-13(23)21-6-7-22-12(9-21)14(16(18)24)15(17)20-22/h2-5H,6-9H2,(H2,18,24). The highest BCUT2D eigenvalue weighted by molar-refractivity contribution is 14.1. The van der Waals surface area contributed by atoms with E-state index in [4.69, 9.17) is 12.3 Å². The summed E-state index contributed by atoms with van der Waals surface area (Å²) in [6.45, 7) is 8.36. The van der Waals surface area contributed by atoms with Crippen LogP contribution in [0.4, 0.5) is 5.69 Å². The molecule has 1 aliphatic heterocycles. The predicted molar refractivity (Wildman–Crippen MR) is 95.3 cm³/mol. The minimum Gasteiger partial charge on any atom is -0.365 e. The summed E-state index contributed by atoms with van der Waals surface area (Å²) in [5.74, 6) is -0.548. The number of rotatable bonds is 3. The largest absolute Gasteiger partial charge is 0.365 e. The first-order valence-corrected chi connectivity index (χ1v) is 8.36. The molecular formula is C16H14IN5O2. The van der Waals surface area contributed by atoms with Gasteiger partial charge in [-0.15, -0.1) is 0 Å². The minimum atomic E-state index is -0.523. The van der Waals surface area contributed by atoms with Gasteiger partial charge in [-0.25, -0.2) is 4.85 Å². The van der Waals surface area contributed by atoms with Crippen molar-refractivity contribution in [3.05, 3.63) is 56.2 Å². The van der Waals surface area contributed by atoms with E-state index >= 15 is 0 Å². The third-order valence-corrected chi connectivity index (χ3v) is 4.71. The summed E-state index contributed by atoms with van der Waals surface area (Å²) in [5.41, 5.74) is 7.93. The highest BCUT2D eigenvalue weighted by Gasteiger charge is 2.28. The number of primary amides is 1. The quantitative estimate of drug-likeness (QED) is 0.589. The number of hydrogen-bond donors (Lipinski definition) is 1. The number of nitrogens with zero attached hydrogens (tertiary/aromatic N) is 4. The molecule has 3 rings (SSSR count). The molecule has 0 bridgehead atoms. The van der Waals surface area contributed by atoms with Crippen molar-refractivity contribution >= 4 is 40.1 Å². The van der Waals surface area contributed by atoms with Crippen LogP contribution in [-0.4, -0.2) is 33.0 Å². The van der Waals surface area contributed by atoms with Gasteiger partial charge in [-0.3, -0.25) is 14.3 Å². The van der Waals surface area contributed by atoms with E-state index in [-0.39, 0.29) is 12.3 Å². The molecule has 24 heavy (non-hydrogen) atoms. The lowest BCUT2D eigenvalue weighted by Gasteiger charge is -2.28. The Morgan fingerprint density at radius 1 is 1.29 bits per heavy atom. The Hall–Kier alpha value is -2.41. The van der Waals surface area contributed by atoms with Crippen molar-refractivity contribution in [2.24, 2.45) is 5.73 Å². The summed E-state index contributed by atoms with van der Waals surface area (Å²) in [6, 6.07) is 6.98. The van der Waals surface area contributed by atoms with Crippen LogP contribution >= 0.6 is 22.6 Å². The first kappa shape index (κ1) is 16.4. The summed E-state index contributed by atoms with van der Waals surface area (Å²) in [5, 5.41) is 4.31. The molecule has 0 saturated carbocycles. The molecule has 2 amide bonds. The molecule has 0 atom stereocenters. The van der Waals surface area contributed by atoms with Crippen LogP contribution in [0.3, 0.4) is 0 Å². The fourth-order valence-electron chi connectivity index (χ4n) is 2.72. The average molecular weight is 435 g/mol. The number of fused-ring (bicyclic) bond motifs is 1. The molecular weight excluding hydrogens is 421 g/mol. The van der Waals surface area contributed by atoms with Gasteiger partial charge in [-0.2, -0.15) is 5.10 Å². The molecule has 2 heterocycles. The minimum absolute atomic E-state index is 0.0246. The van der Waals surface area contributed by atoms with E-state index in [2.05, 4.69) is 9.94 Å². The maximum Gasteiger partial charge on any atom is 0.253 e. The molecule has 0 aliphatic carbocycles. The second-order valence-electron chi connectivity index (χ2n) is 5.47. The summed E-state index contributed by atoms with van der Waals surface area (Å²) in [7, 11) is 0. The highest BCUT2D eigenvalue weighted by Crippen LogP contribution is 2.22. The molecule has 2 N–H and O–H groups in total. The van der Waals surface area contributed by atoms with Gasteiger partial charge in [-0.1, -0.05) is 24.3 Å². The summed E-state index contributed by atoms with van der Waals surface area (Å²) in [6.07, 6.45) is 0.259. The van der Waals surface area contributed by atoms with Crippen LogP contribution in [0.15, 0.2) is 24.3 Å². The van der Waals surface area contributed by atoms with Gasteiger partial charge in [-0.05, 0) is 28.2 Å². The van der Waals surface area contributed by atoms with Gasteiger partial charge in [0, 0.05) is 6.54 Å². The summed E-state index contributed by atoms with van der Waals surface area (Å²) in [4.78, 5) is 29.2. The van der Waals surface area contributed by atoms with Crippen molar-refractivity contribution in [3.8, 4) is 0 Å². The Kier molecular flexibility index (Phi) is 4.53. The fraction of sp³-hybridized carbons (Fsp3) is 0.250. The van der Waals surface area contributed by atoms with Crippen molar-refractivity contribution in [2.75, 3.05) is 6.54 Å². The van der Waals surface area contributed by atoms with Crippen LogP contribution in [0, 0.1) is 10.3 Å². The second-order valence-corrected chi connectivity index (χ2v) is 6.49. The van der Waals surface area contributed by atoms with Crippen molar-refractivity contribution in [1.82, 2.24) is 14.7 Å². The third-order valence-electron chi connectivity index (χ3n) is 3.96. The van der Waals surface area contributed by atoms with Gasteiger partial charge in [0.25, 0.3) is 5.91 Å². The number of carbonyl (C=O) groups is 2. The molecule has 1 aromatic heterocycles. The van der Waals surface area contributed by atoms with Crippen molar-refractivity contribution in [3.63, 3.8) is 0 Å². The summed E-state index contributed by atoms with van der Waals surface area (Å²) < 4.78 is 2.31. The normalized spacial score (nSPS) is 13.2. The number of benzene rings is 1. The SMILES string of the molecule is [C-]#[N+]c1ccc(CC(=O)N2CCn3nc(I)c(C(N)=O)c3C2)cc1. The Morgan fingerprint density at radius 2 is 2.00 bits per heavy atom. The van der Waals surface area contributed by atoms with Crippen LogP contribution in [-0.2, 0) is 24.3 Å². The van der Waals surface area contributed by atoms with E-state index in [0.717, 1.165) is 5.56 Å². The zero-order chi connectivity index (χ0) is 17.3. The number of amides is 2. The number of hydrogen-bond acceptors (Lipinski definition) is 3. The number of nitrogens with two attached hydrogens (primary N) is 1. The fourth-order valence-corrected chi connectivity index (χ4v) is 3.55. The van der Waals surface area contributed by atoms with Crippen LogP contribution in [0.1, 0.15) is 21.6 Å². The monoisotopic (exact) mass is 435 g/mol. The number of carbonyl (C=O) groups excluding carboxylic acids is 2. The molecule has 0 saturated heterocycles. The topological polar surface area (TPSA) is 85.6 Å². The van der Waals surface area contributed by atoms with Gasteiger partial charge in [0.15, 0.2) is 5.69 Å². The molecule has 122 valence electrons. The van der Waals surface area contributed by atoms with E-state index in [1.165, 1.54) is 0 Å². The first-order chi connectivity index (χ1) is 11.5. The smallest absolute Gasteiger partial charge is 0.253 e. The van der Waals surface area contributed by atoms with Crippen LogP contribution < -0.4 is 5.73 Å². The van der Waals surface area contributed by atoms with E-state index in [1.54, 1.807) is 33.8 Å². The third kappa shape index (κ3) is 3.12. The summed E-state index contributed by atoms with van der Waals surface area (Å²) >= 11 is 1.99. The average Bonchev–Trinajstić information content (AvgIpc) is 2.90. The van der Waals surface area contributed by atoms with E-state index in [1.807, 2.05) is 22.6 Å². The first-order valence-electron chi connectivity index (χ1n) is 7.28. The lowest BCUT2D eigenvalue weighted by atomic mass is 10.1. The van der Waals surface area contributed by atoms with Gasteiger partial charge in [0.2, 0.25) is 5.91 Å². The lowest BCUT2D eigenvalue weighted by molar-refractivity contribution is -0.132. The highest BCUT2D eigenvalue weighted by atomic mass is 127. The van der Waals surface area contributed by atoms with Crippen molar-refractivity contribution < 1.29 is 9.59 Å². The molecule has 8 heteroatoms. The van der Waals surface area contributed by atoms with Crippen molar-refractivity contribution in [2.45, 2.75) is 19.5 Å². The van der Waals surface area contributed by atoms with Crippen LogP contribution in [0.5, 0.6) is 0 Å². The van der Waals surface area contributed by atoms with E-state index in [0.29, 0.717) is 40.3 Å². The maximum atomic E-state index is 12.5. The Labute approximate surface area is 152 Å². The molecule has 2 aromatic rings. The zero-order valence-electron chi connectivity index (χ0n) is 12.7. The molecule has 7 nitrogen and oxygen atoms in total. The van der Waals surface area contributed by atoms with Crippen LogP contribution in [0.25, 0.3) is 4.85 Å². The molecule has 0 unspecified atom stereocenters. The van der Waals surface area contributed by atoms with Gasteiger partial charge >= 0.3 is 0 Å². The maximum absolute atomic E-state index is 12.5. The van der Waals surface area contributed by atoms with E-state index < -0.39 is 5.91 Å². The molecule has 0 fully saturated rings. The zero-order valence-corrected chi connectivity index (χ0v) is 14.9. The van der Waals surface area contributed by atoms with Crippen LogP contribution in [0.2, 0.25) is 0 Å². The van der Waals surface area contributed by atoms with Gasteiger partial charge in [0.1, 0.15) is 3.70 Å². The van der Waals surface area contributed by atoms with Gasteiger partial charge in [0.05, 0.1) is 37.3 Å². The molecule has 1 aromatic carbocycles. The van der Waals surface area contributed by atoms with Crippen molar-refractivity contribution in [1.29, 1.82) is 0 Å². The molecule has 0 radical (unpaired) electrons. The van der Waals surface area contributed by atoms with Gasteiger partial charge < -0.3 is 10.6 Å². The number of halogens is 1. The Balaban J connectivity index is 1.76. The Bertz CT molecular complexity index is 851. The lowest BCUT2D eigenvalue weighted by Crippen LogP contribution is -2.40. The van der Waals surface area contributed by atoms with E-state index in [9.17, 15) is 9.59 Å². The second kappa shape index (κ2) is 6.60. The molecule has 1 aliphatic rings.